The summed E-state index contributed by atoms with van der Waals surface area (Å²) in [6.45, 7) is 6.26. The number of aromatic nitrogens is 4. The molecule has 2 amide bonds. The van der Waals surface area contributed by atoms with Gasteiger partial charge in [-0.1, -0.05) is 33.3 Å². The number of benzene rings is 2. The second-order valence-electron chi connectivity index (χ2n) is 9.23. The Morgan fingerprint density at radius 3 is 2.50 bits per heavy atom. The molecule has 0 saturated heterocycles. The Labute approximate surface area is 222 Å². The van der Waals surface area contributed by atoms with Crippen molar-refractivity contribution in [1.29, 1.82) is 0 Å². The lowest BCUT2D eigenvalue weighted by Gasteiger charge is -2.31. The van der Waals surface area contributed by atoms with Crippen molar-refractivity contribution in [2.24, 2.45) is 5.92 Å². The number of ether oxygens (including phenoxy) is 2. The summed E-state index contributed by atoms with van der Waals surface area (Å²) in [5, 5.41) is 15.4. The maximum Gasteiger partial charge on any atom is 0.251 e. The zero-order valence-corrected chi connectivity index (χ0v) is 22.5. The van der Waals surface area contributed by atoms with Gasteiger partial charge in [-0.3, -0.25) is 14.5 Å². The maximum absolute atomic E-state index is 14.2. The summed E-state index contributed by atoms with van der Waals surface area (Å²) in [5.41, 5.74) is 0.907. The Kier molecular flexibility index (Phi) is 10.1. The Morgan fingerprint density at radius 2 is 1.84 bits per heavy atom. The van der Waals surface area contributed by atoms with Crippen molar-refractivity contribution in [3.05, 3.63) is 48.3 Å². The summed E-state index contributed by atoms with van der Waals surface area (Å²) in [6.07, 6.45) is 1.85. The lowest BCUT2D eigenvalue weighted by atomic mass is 10.1. The second-order valence-corrected chi connectivity index (χ2v) is 9.23. The minimum atomic E-state index is -0.824. The summed E-state index contributed by atoms with van der Waals surface area (Å²) in [6, 6.07) is 10.0. The molecule has 2 aromatic carbocycles. The van der Waals surface area contributed by atoms with E-state index >= 15 is 0 Å². The number of hydrogen-bond donors (Lipinski definition) is 1. The fourth-order valence-corrected chi connectivity index (χ4v) is 3.97. The van der Waals surface area contributed by atoms with Crippen molar-refractivity contribution in [3.8, 4) is 22.9 Å². The minimum absolute atomic E-state index is 0.285. The number of nitrogens with one attached hydrogen (secondary N) is 1. The van der Waals surface area contributed by atoms with Gasteiger partial charge in [0.05, 0.1) is 14.2 Å². The van der Waals surface area contributed by atoms with E-state index in [2.05, 4.69) is 34.6 Å². The molecule has 0 aliphatic rings. The van der Waals surface area contributed by atoms with Gasteiger partial charge >= 0.3 is 0 Å². The zero-order valence-electron chi connectivity index (χ0n) is 22.5. The van der Waals surface area contributed by atoms with Crippen molar-refractivity contribution < 1.29 is 23.5 Å². The molecule has 3 aromatic rings. The van der Waals surface area contributed by atoms with Crippen LogP contribution in [0.25, 0.3) is 11.4 Å². The predicted molar refractivity (Wildman–Crippen MR) is 141 cm³/mol. The van der Waals surface area contributed by atoms with Crippen LogP contribution in [0.4, 0.5) is 10.1 Å². The van der Waals surface area contributed by atoms with E-state index in [1.165, 1.54) is 30.2 Å². The van der Waals surface area contributed by atoms with E-state index in [4.69, 9.17) is 9.47 Å². The molecule has 1 N–H and O–H groups in total. The number of rotatable bonds is 13. The number of nitrogens with zero attached hydrogens (tertiary/aromatic N) is 5. The van der Waals surface area contributed by atoms with E-state index in [1.54, 1.807) is 31.4 Å². The molecular formula is C27H35FN6O4. The highest BCUT2D eigenvalue weighted by molar-refractivity contribution is 6.00. The molecule has 1 aromatic heterocycles. The van der Waals surface area contributed by atoms with E-state index in [0.29, 0.717) is 42.4 Å². The summed E-state index contributed by atoms with van der Waals surface area (Å²) in [5.74, 6) is 0.489. The van der Waals surface area contributed by atoms with Crippen molar-refractivity contribution in [2.45, 2.75) is 52.6 Å². The normalized spacial score (nSPS) is 11.8. The first-order valence-corrected chi connectivity index (χ1v) is 12.6. The second kappa shape index (κ2) is 13.5. The maximum atomic E-state index is 14.2. The average Bonchev–Trinajstić information content (AvgIpc) is 3.36. The molecule has 11 heteroatoms. The molecule has 0 aliphatic heterocycles. The fraction of sp³-hybridized carbons (Fsp3) is 0.444. The molecule has 0 aliphatic carbocycles. The summed E-state index contributed by atoms with van der Waals surface area (Å²) in [7, 11) is 3.07. The number of tetrazole rings is 1. The highest BCUT2D eigenvalue weighted by Crippen LogP contribution is 2.30. The Morgan fingerprint density at radius 1 is 1.08 bits per heavy atom. The van der Waals surface area contributed by atoms with Crippen LogP contribution in [0.3, 0.4) is 0 Å². The Balaban J connectivity index is 1.88. The minimum Gasteiger partial charge on any atom is -0.493 e. The first-order valence-electron chi connectivity index (χ1n) is 12.6. The van der Waals surface area contributed by atoms with Crippen LogP contribution in [0.1, 0.15) is 40.0 Å². The Bertz CT molecular complexity index is 1230. The van der Waals surface area contributed by atoms with Gasteiger partial charge in [-0.25, -0.2) is 4.39 Å². The quantitative estimate of drug-likeness (QED) is 0.360. The zero-order chi connectivity index (χ0) is 27.7. The first-order chi connectivity index (χ1) is 18.3. The van der Waals surface area contributed by atoms with Gasteiger partial charge in [0.25, 0.3) is 5.91 Å². The van der Waals surface area contributed by atoms with E-state index in [0.717, 1.165) is 11.2 Å². The molecule has 3 rings (SSSR count). The highest BCUT2D eigenvalue weighted by atomic mass is 19.1. The molecular weight excluding hydrogens is 491 g/mol. The molecule has 38 heavy (non-hydrogen) atoms. The van der Waals surface area contributed by atoms with Crippen molar-refractivity contribution in [2.75, 3.05) is 25.7 Å². The molecule has 0 bridgehead atoms. The fourth-order valence-electron chi connectivity index (χ4n) is 3.97. The van der Waals surface area contributed by atoms with Gasteiger partial charge in [0, 0.05) is 17.8 Å². The molecule has 1 unspecified atom stereocenters. The number of carbonyl (C=O) groups excluding carboxylic acids is 2. The van der Waals surface area contributed by atoms with Crippen LogP contribution in [0.15, 0.2) is 42.5 Å². The molecule has 0 saturated carbocycles. The Hall–Kier alpha value is -4.02. The van der Waals surface area contributed by atoms with Crippen LogP contribution in [0.5, 0.6) is 11.5 Å². The van der Waals surface area contributed by atoms with Gasteiger partial charge < -0.3 is 14.8 Å². The third-order valence-corrected chi connectivity index (χ3v) is 5.92. The van der Waals surface area contributed by atoms with Crippen LogP contribution in [0, 0.1) is 11.7 Å². The van der Waals surface area contributed by atoms with E-state index in [9.17, 15) is 14.0 Å². The third-order valence-electron chi connectivity index (χ3n) is 5.92. The van der Waals surface area contributed by atoms with Gasteiger partial charge in [0.1, 0.15) is 18.4 Å². The van der Waals surface area contributed by atoms with Gasteiger partial charge in [0.2, 0.25) is 11.7 Å². The third kappa shape index (κ3) is 7.27. The summed E-state index contributed by atoms with van der Waals surface area (Å²) >= 11 is 0. The molecule has 1 heterocycles. The van der Waals surface area contributed by atoms with Gasteiger partial charge in [0.15, 0.2) is 11.5 Å². The molecule has 204 valence electrons. The summed E-state index contributed by atoms with van der Waals surface area (Å²) < 4.78 is 24.8. The number of anilines is 1. The van der Waals surface area contributed by atoms with Crippen LogP contribution >= 0.6 is 0 Å². The molecule has 0 radical (unpaired) electrons. The first kappa shape index (κ1) is 28.5. The summed E-state index contributed by atoms with van der Waals surface area (Å²) in [4.78, 5) is 29.3. The number of halogens is 1. The van der Waals surface area contributed by atoms with Crippen molar-refractivity contribution in [1.82, 2.24) is 25.5 Å². The number of methoxy groups -OCH3 is 2. The molecule has 0 spiro atoms. The van der Waals surface area contributed by atoms with E-state index in [1.807, 2.05) is 6.92 Å². The van der Waals surface area contributed by atoms with Crippen LogP contribution < -0.4 is 19.7 Å². The monoisotopic (exact) mass is 526 g/mol. The van der Waals surface area contributed by atoms with Crippen LogP contribution in [-0.4, -0.2) is 58.8 Å². The molecule has 0 fully saturated rings. The lowest BCUT2D eigenvalue weighted by Crippen LogP contribution is -2.51. The lowest BCUT2D eigenvalue weighted by molar-refractivity contribution is -0.127. The predicted octanol–water partition coefficient (Wildman–Crippen LogP) is 3.86. The largest absolute Gasteiger partial charge is 0.493 e. The topological polar surface area (TPSA) is 111 Å². The van der Waals surface area contributed by atoms with E-state index < -0.39 is 17.8 Å². The smallest absolute Gasteiger partial charge is 0.251 e. The van der Waals surface area contributed by atoms with Crippen molar-refractivity contribution >= 4 is 17.5 Å². The number of hydrogen-bond acceptors (Lipinski definition) is 7. The van der Waals surface area contributed by atoms with E-state index in [-0.39, 0.29) is 24.0 Å². The number of amides is 2. The average molecular weight is 527 g/mol. The van der Waals surface area contributed by atoms with Crippen LogP contribution in [0.2, 0.25) is 0 Å². The number of carbonyl (C=O) groups is 2. The SMILES string of the molecule is CCCC(C(=O)NCCC(C)C)N(C(=O)Cn1nnc(-c2ccc(OC)c(OC)c2)n1)c1cccc(F)c1. The molecule has 10 nitrogen and oxygen atoms in total. The van der Waals surface area contributed by atoms with Gasteiger partial charge in [-0.05, 0) is 60.4 Å². The van der Waals surface area contributed by atoms with Gasteiger partial charge in [-0.2, -0.15) is 4.80 Å². The highest BCUT2D eigenvalue weighted by Gasteiger charge is 2.31. The van der Waals surface area contributed by atoms with Crippen LogP contribution in [-0.2, 0) is 16.1 Å². The standard InChI is InChI=1S/C27H35FN6O4/c1-6-8-22(27(36)29-14-13-18(2)3)34(21-10-7-9-20(28)16-21)25(35)17-33-31-26(30-32-33)19-11-12-23(37-4)24(15-19)38-5/h7,9-12,15-16,18,22H,6,8,13-14,17H2,1-5H3,(H,29,36). The van der Waals surface area contributed by atoms with Gasteiger partial charge in [-0.15, -0.1) is 10.2 Å². The van der Waals surface area contributed by atoms with Crippen molar-refractivity contribution in [3.63, 3.8) is 0 Å². The molecule has 1 atom stereocenters.